The molecule has 0 aliphatic rings. The lowest BCUT2D eigenvalue weighted by Crippen LogP contribution is -2.40. The first-order chi connectivity index (χ1) is 19.1. The summed E-state index contributed by atoms with van der Waals surface area (Å²) in [6.07, 6.45) is 5.49. The Labute approximate surface area is 243 Å². The van der Waals surface area contributed by atoms with Gasteiger partial charge >= 0.3 is 10.4 Å². The van der Waals surface area contributed by atoms with Crippen LogP contribution in [0.25, 0.3) is 5.70 Å². The van der Waals surface area contributed by atoms with Gasteiger partial charge in [0.05, 0.1) is 25.0 Å². The number of carbonyl (C=O) groups is 1. The van der Waals surface area contributed by atoms with E-state index in [-0.39, 0.29) is 11.2 Å². The van der Waals surface area contributed by atoms with Crippen LogP contribution < -0.4 is 35.9 Å². The van der Waals surface area contributed by atoms with E-state index in [1.165, 1.54) is 18.4 Å². The third kappa shape index (κ3) is 7.46. The molecule has 0 spiro atoms. The molecule has 11 nitrogen and oxygen atoms in total. The highest BCUT2D eigenvalue weighted by Gasteiger charge is 2.26. The van der Waals surface area contributed by atoms with Crippen LogP contribution in [-0.2, 0) is 33.0 Å². The van der Waals surface area contributed by atoms with Crippen molar-refractivity contribution < 1.29 is 22.9 Å². The SMILES string of the molecule is CCc1[nH]cc(C(N)=CN(N)c2cc(C(=O)Nc3cc(C(C)(C)C)cc(N[S+](C)(=O)O)c3OC)ccc2C)[n+]1CC. The molecule has 0 aliphatic heterocycles. The number of aromatic amines is 1. The van der Waals surface area contributed by atoms with E-state index in [4.69, 9.17) is 16.3 Å². The number of hydrazine groups is 1. The fraction of sp³-hybridized carbons (Fsp3) is 0.379. The molecule has 8 N–H and O–H groups in total. The zero-order chi connectivity index (χ0) is 30.7. The van der Waals surface area contributed by atoms with Gasteiger partial charge in [-0.1, -0.05) is 33.8 Å². The number of anilines is 3. The van der Waals surface area contributed by atoms with Crippen molar-refractivity contribution >= 4 is 39.1 Å². The zero-order valence-electron chi connectivity index (χ0n) is 25.1. The van der Waals surface area contributed by atoms with Crippen LogP contribution in [0.4, 0.5) is 17.1 Å². The minimum absolute atomic E-state index is 0.237. The van der Waals surface area contributed by atoms with Gasteiger partial charge in [-0.3, -0.25) is 9.80 Å². The maximum Gasteiger partial charge on any atom is 0.307 e. The minimum atomic E-state index is -3.36. The lowest BCUT2D eigenvalue weighted by atomic mass is 9.86. The number of ether oxygens (including phenoxy) is 1. The summed E-state index contributed by atoms with van der Waals surface area (Å²) in [4.78, 5) is 16.7. The largest absolute Gasteiger partial charge is 0.492 e. The summed E-state index contributed by atoms with van der Waals surface area (Å²) in [5.41, 5.74) is 10.7. The molecule has 41 heavy (non-hydrogen) atoms. The number of nitrogens with zero attached hydrogens (tertiary/aromatic N) is 2. The molecule has 0 fully saturated rings. The lowest BCUT2D eigenvalue weighted by molar-refractivity contribution is -0.701. The Balaban J connectivity index is 1.98. The second-order valence-corrected chi connectivity index (χ2v) is 12.7. The molecule has 0 aliphatic carbocycles. The molecule has 1 atom stereocenters. The second kappa shape index (κ2) is 12.3. The highest BCUT2D eigenvalue weighted by atomic mass is 32.3. The number of amides is 1. The Morgan fingerprint density at radius 1 is 1.22 bits per heavy atom. The molecule has 1 aromatic heterocycles. The normalized spacial score (nSPS) is 13.5. The first-order valence-corrected chi connectivity index (χ1v) is 15.3. The fourth-order valence-electron chi connectivity index (χ4n) is 4.51. The van der Waals surface area contributed by atoms with Gasteiger partial charge in [-0.2, -0.15) is 9.27 Å². The highest BCUT2D eigenvalue weighted by molar-refractivity contribution is 7.98. The number of imidazole rings is 1. The Morgan fingerprint density at radius 2 is 1.88 bits per heavy atom. The number of carbonyl (C=O) groups excluding carboxylic acids is 1. The van der Waals surface area contributed by atoms with Crippen molar-refractivity contribution in [3.63, 3.8) is 0 Å². The average Bonchev–Trinajstić information content (AvgIpc) is 3.30. The zero-order valence-corrected chi connectivity index (χ0v) is 25.9. The van der Waals surface area contributed by atoms with Crippen molar-refractivity contribution in [1.29, 1.82) is 0 Å². The Hall–Kier alpha value is -3.87. The number of hydrogen-bond donors (Lipinski definition) is 6. The van der Waals surface area contributed by atoms with Gasteiger partial charge in [-0.05, 0) is 58.9 Å². The third-order valence-electron chi connectivity index (χ3n) is 6.67. The van der Waals surface area contributed by atoms with Crippen LogP contribution in [0, 0.1) is 6.92 Å². The smallest absolute Gasteiger partial charge is 0.307 e. The number of hydrogen-bond acceptors (Lipinski definition) is 6. The highest BCUT2D eigenvalue weighted by Crippen LogP contribution is 2.39. The first-order valence-electron chi connectivity index (χ1n) is 13.3. The predicted molar refractivity (Wildman–Crippen MR) is 166 cm³/mol. The summed E-state index contributed by atoms with van der Waals surface area (Å²) < 4.78 is 32.4. The summed E-state index contributed by atoms with van der Waals surface area (Å²) >= 11 is 0. The Bertz CT molecular complexity index is 1500. The molecule has 0 saturated carbocycles. The van der Waals surface area contributed by atoms with Crippen LogP contribution in [0.1, 0.15) is 67.6 Å². The van der Waals surface area contributed by atoms with Crippen LogP contribution in [-0.4, -0.2) is 28.8 Å². The molecule has 1 heterocycles. The number of H-pyrrole nitrogens is 1. The molecule has 3 aromatic rings. The van der Waals surface area contributed by atoms with E-state index >= 15 is 0 Å². The van der Waals surface area contributed by atoms with Crippen molar-refractivity contribution in [2.75, 3.05) is 28.4 Å². The summed E-state index contributed by atoms with van der Waals surface area (Å²) in [5.74, 6) is 7.31. The van der Waals surface area contributed by atoms with E-state index in [2.05, 4.69) is 26.5 Å². The maximum atomic E-state index is 13.5. The fourth-order valence-corrected chi connectivity index (χ4v) is 5.07. The van der Waals surface area contributed by atoms with Gasteiger partial charge in [0.2, 0.25) is 0 Å². The van der Waals surface area contributed by atoms with Crippen molar-refractivity contribution in [2.24, 2.45) is 11.6 Å². The molecule has 3 rings (SSSR count). The van der Waals surface area contributed by atoms with Gasteiger partial charge in [0.1, 0.15) is 17.6 Å². The van der Waals surface area contributed by atoms with Crippen LogP contribution in [0.15, 0.2) is 42.7 Å². The molecule has 1 unspecified atom stereocenters. The lowest BCUT2D eigenvalue weighted by Gasteiger charge is -2.23. The van der Waals surface area contributed by atoms with Crippen molar-refractivity contribution in [1.82, 2.24) is 4.98 Å². The quantitative estimate of drug-likeness (QED) is 0.0893. The standard InChI is InChI=1S/C29H41N7O4S/c1-9-26-32-16-25(35(26)10-2)21(30)17-36(31)24-13-19(12-11-18(24)3)28(37)33-22-14-20(29(4,5)6)15-23(27(22)40-7)34-41(8,38)39/h11-17H,9-10,30-31H2,1-8H3,(H2-,33,34,37,38,39)/p+2. The maximum absolute atomic E-state index is 13.5. The second-order valence-electron chi connectivity index (χ2n) is 10.9. The monoisotopic (exact) mass is 585 g/mol. The molecular formula is C29H43N7O4S+2. The van der Waals surface area contributed by atoms with E-state index in [1.807, 2.05) is 40.8 Å². The predicted octanol–water partition coefficient (Wildman–Crippen LogP) is 4.32. The molecule has 222 valence electrons. The topological polar surface area (TPSA) is 163 Å². The van der Waals surface area contributed by atoms with Gasteiger partial charge in [-0.15, -0.1) is 0 Å². The van der Waals surface area contributed by atoms with Crippen LogP contribution in [0.2, 0.25) is 0 Å². The van der Waals surface area contributed by atoms with E-state index in [0.29, 0.717) is 28.3 Å². The number of nitrogens with one attached hydrogen (secondary N) is 3. The molecule has 12 heteroatoms. The number of nitrogens with two attached hydrogens (primary N) is 2. The summed E-state index contributed by atoms with van der Waals surface area (Å²) in [5, 5.41) is 4.31. The number of rotatable bonds is 10. The van der Waals surface area contributed by atoms with Crippen LogP contribution in [0.3, 0.4) is 0 Å². The average molecular weight is 586 g/mol. The molecule has 0 bridgehead atoms. The Kier molecular flexibility index (Phi) is 9.52. The van der Waals surface area contributed by atoms with Gasteiger partial charge in [0.15, 0.2) is 17.7 Å². The third-order valence-corrected chi connectivity index (χ3v) is 7.27. The molecule has 0 radical (unpaired) electrons. The van der Waals surface area contributed by atoms with E-state index < -0.39 is 16.3 Å². The molecule has 0 saturated heterocycles. The van der Waals surface area contributed by atoms with E-state index in [9.17, 15) is 13.6 Å². The number of methoxy groups -OCH3 is 1. The minimum Gasteiger partial charge on any atom is -0.492 e. The van der Waals surface area contributed by atoms with Crippen molar-refractivity contribution in [3.8, 4) is 5.75 Å². The van der Waals surface area contributed by atoms with Crippen LogP contribution in [0.5, 0.6) is 5.75 Å². The van der Waals surface area contributed by atoms with Gasteiger partial charge in [0.25, 0.3) is 11.7 Å². The molecular weight excluding hydrogens is 542 g/mol. The van der Waals surface area contributed by atoms with E-state index in [1.54, 1.807) is 36.5 Å². The van der Waals surface area contributed by atoms with Gasteiger partial charge in [0, 0.05) is 18.2 Å². The summed E-state index contributed by atoms with van der Waals surface area (Å²) in [6.45, 7) is 12.8. The number of aromatic nitrogens is 2. The molecule has 1 amide bonds. The first kappa shape index (κ1) is 31.7. The van der Waals surface area contributed by atoms with Crippen molar-refractivity contribution in [3.05, 3.63) is 70.9 Å². The van der Waals surface area contributed by atoms with Crippen molar-refractivity contribution in [2.45, 2.75) is 59.9 Å². The summed E-state index contributed by atoms with van der Waals surface area (Å²) in [7, 11) is -1.92. The Morgan fingerprint density at radius 3 is 2.44 bits per heavy atom. The van der Waals surface area contributed by atoms with Gasteiger partial charge < -0.3 is 15.8 Å². The molecule has 2 aromatic carbocycles. The number of aryl methyl sites for hydroxylation is 2. The van der Waals surface area contributed by atoms with E-state index in [0.717, 1.165) is 35.6 Å². The van der Waals surface area contributed by atoms with Crippen LogP contribution >= 0.6 is 0 Å². The number of benzene rings is 2. The summed E-state index contributed by atoms with van der Waals surface area (Å²) in [6, 6.07) is 8.74. The van der Waals surface area contributed by atoms with Gasteiger partial charge in [-0.25, -0.2) is 15.4 Å².